The molecule has 0 aliphatic carbocycles. The summed E-state index contributed by atoms with van der Waals surface area (Å²) in [5.41, 5.74) is 8.44. The van der Waals surface area contributed by atoms with E-state index in [1.165, 1.54) is 16.7 Å². The number of pyridine rings is 1. The molecule has 0 aliphatic rings. The molecule has 0 unspecified atom stereocenters. The molecule has 3 heteroatoms. The Hall–Kier alpha value is -5.15. The van der Waals surface area contributed by atoms with Gasteiger partial charge in [0.15, 0.2) is 5.58 Å². The molecule has 0 saturated heterocycles. The summed E-state index contributed by atoms with van der Waals surface area (Å²) in [4.78, 5) is 7.08. The summed E-state index contributed by atoms with van der Waals surface area (Å²) in [7, 11) is 0. The van der Waals surface area contributed by atoms with Crippen LogP contribution in [0.15, 0.2) is 150 Å². The fourth-order valence-corrected chi connectivity index (χ4v) is 5.04. The average Bonchev–Trinajstić information content (AvgIpc) is 3.37. The van der Waals surface area contributed by atoms with Gasteiger partial charge in [-0.3, -0.25) is 4.90 Å². The summed E-state index contributed by atoms with van der Waals surface area (Å²) < 4.78 is 6.06. The summed E-state index contributed by atoms with van der Waals surface area (Å²) >= 11 is 0. The van der Waals surface area contributed by atoms with Crippen LogP contribution in [-0.2, 0) is 0 Å². The predicted molar refractivity (Wildman–Crippen MR) is 157 cm³/mol. The normalized spacial score (nSPS) is 11.2. The first-order chi connectivity index (χ1) is 18.8. The van der Waals surface area contributed by atoms with E-state index in [-0.39, 0.29) is 0 Å². The molecule has 0 fully saturated rings. The van der Waals surface area contributed by atoms with Crippen molar-refractivity contribution in [1.29, 1.82) is 0 Å². The fraction of sp³-hybridized carbons (Fsp3) is 0. The maximum Gasteiger partial charge on any atom is 0.153 e. The molecule has 3 nitrogen and oxygen atoms in total. The molecule has 7 aromatic rings. The van der Waals surface area contributed by atoms with Gasteiger partial charge < -0.3 is 4.42 Å². The van der Waals surface area contributed by atoms with Crippen LogP contribution < -0.4 is 4.90 Å². The smallest absolute Gasteiger partial charge is 0.153 e. The van der Waals surface area contributed by atoms with Gasteiger partial charge in [0.2, 0.25) is 0 Å². The molecule has 0 amide bonds. The van der Waals surface area contributed by atoms with Crippen molar-refractivity contribution in [2.24, 2.45) is 0 Å². The molecule has 0 spiro atoms. The van der Waals surface area contributed by atoms with Gasteiger partial charge in [0.1, 0.15) is 11.4 Å². The molecule has 0 aliphatic heterocycles. The monoisotopic (exact) mass is 488 g/mol. The van der Waals surface area contributed by atoms with Gasteiger partial charge in [-0.15, -0.1) is 0 Å². The molecule has 0 atom stereocenters. The van der Waals surface area contributed by atoms with Crippen molar-refractivity contribution < 1.29 is 4.42 Å². The number of rotatable bonds is 5. The quantitative estimate of drug-likeness (QED) is 0.241. The van der Waals surface area contributed by atoms with Gasteiger partial charge >= 0.3 is 0 Å². The van der Waals surface area contributed by atoms with Crippen LogP contribution >= 0.6 is 0 Å². The maximum absolute atomic E-state index is 6.06. The van der Waals surface area contributed by atoms with E-state index in [1.807, 2.05) is 36.5 Å². The minimum atomic E-state index is 0.785. The summed E-state index contributed by atoms with van der Waals surface area (Å²) in [6, 6.07) is 48.5. The summed E-state index contributed by atoms with van der Waals surface area (Å²) in [6.07, 6.45) is 1.83. The van der Waals surface area contributed by atoms with Gasteiger partial charge in [0, 0.05) is 22.1 Å². The Morgan fingerprint density at radius 2 is 1.08 bits per heavy atom. The molecular weight excluding hydrogens is 464 g/mol. The highest BCUT2D eigenvalue weighted by molar-refractivity contribution is 6.05. The summed E-state index contributed by atoms with van der Waals surface area (Å²) in [6.45, 7) is 0. The average molecular weight is 489 g/mol. The lowest BCUT2D eigenvalue weighted by atomic mass is 10.0. The van der Waals surface area contributed by atoms with E-state index in [1.54, 1.807) is 0 Å². The minimum absolute atomic E-state index is 0.785. The van der Waals surface area contributed by atoms with Gasteiger partial charge in [0.25, 0.3) is 0 Å². The molecule has 5 aromatic carbocycles. The molecule has 0 saturated carbocycles. The zero-order valence-electron chi connectivity index (χ0n) is 20.7. The Balaban J connectivity index is 1.39. The van der Waals surface area contributed by atoms with Crippen LogP contribution in [0.3, 0.4) is 0 Å². The van der Waals surface area contributed by atoms with E-state index in [9.17, 15) is 0 Å². The Labute approximate surface area is 221 Å². The third-order valence-corrected chi connectivity index (χ3v) is 6.92. The van der Waals surface area contributed by atoms with Crippen molar-refractivity contribution in [1.82, 2.24) is 4.98 Å². The molecular formula is C35H24N2O. The molecule has 0 bridgehead atoms. The highest BCUT2D eigenvalue weighted by Gasteiger charge is 2.17. The van der Waals surface area contributed by atoms with Crippen LogP contribution in [0.4, 0.5) is 17.2 Å². The van der Waals surface area contributed by atoms with Crippen molar-refractivity contribution in [3.63, 3.8) is 0 Å². The van der Waals surface area contributed by atoms with Crippen molar-refractivity contribution >= 4 is 39.1 Å². The topological polar surface area (TPSA) is 29.3 Å². The van der Waals surface area contributed by atoms with Crippen LogP contribution in [0.5, 0.6) is 0 Å². The zero-order valence-corrected chi connectivity index (χ0v) is 20.7. The number of anilines is 3. The van der Waals surface area contributed by atoms with Crippen molar-refractivity contribution in [2.45, 2.75) is 0 Å². The van der Waals surface area contributed by atoms with Gasteiger partial charge in [-0.2, -0.15) is 0 Å². The maximum atomic E-state index is 6.06. The minimum Gasteiger partial charge on any atom is -0.454 e. The van der Waals surface area contributed by atoms with Gasteiger partial charge in [-0.25, -0.2) is 4.98 Å². The fourth-order valence-electron chi connectivity index (χ4n) is 5.04. The zero-order chi connectivity index (χ0) is 25.3. The lowest BCUT2D eigenvalue weighted by molar-refractivity contribution is 0.667. The Morgan fingerprint density at radius 3 is 1.84 bits per heavy atom. The first kappa shape index (κ1) is 22.1. The highest BCUT2D eigenvalue weighted by atomic mass is 16.3. The molecule has 38 heavy (non-hydrogen) atoms. The Morgan fingerprint density at radius 1 is 0.447 bits per heavy atom. The molecule has 0 radical (unpaired) electrons. The number of hydrogen-bond donors (Lipinski definition) is 0. The SMILES string of the molecule is c1ccc(-c2ccc(N(c3cccc(-c4ccccc4)c3)c3cc4c(cn3)oc3ccccc34)cc2)cc1. The van der Waals surface area contributed by atoms with Crippen LogP contribution in [-0.4, -0.2) is 4.98 Å². The first-order valence-electron chi connectivity index (χ1n) is 12.7. The second-order valence-corrected chi connectivity index (χ2v) is 9.30. The largest absolute Gasteiger partial charge is 0.454 e. The van der Waals surface area contributed by atoms with Crippen LogP contribution in [0.25, 0.3) is 44.2 Å². The number of para-hydroxylation sites is 1. The van der Waals surface area contributed by atoms with E-state index >= 15 is 0 Å². The number of fused-ring (bicyclic) bond motifs is 3. The number of hydrogen-bond acceptors (Lipinski definition) is 3. The first-order valence-corrected chi connectivity index (χ1v) is 12.7. The predicted octanol–water partition coefficient (Wildman–Crippen LogP) is 9.78. The van der Waals surface area contributed by atoms with Crippen LogP contribution in [0.1, 0.15) is 0 Å². The van der Waals surface area contributed by atoms with E-state index < -0.39 is 0 Å². The van der Waals surface area contributed by atoms with E-state index in [4.69, 9.17) is 9.40 Å². The number of benzene rings is 5. The van der Waals surface area contributed by atoms with Crippen LogP contribution in [0.2, 0.25) is 0 Å². The Kier molecular flexibility index (Phi) is 5.45. The second-order valence-electron chi connectivity index (χ2n) is 9.30. The Bertz CT molecular complexity index is 1860. The number of nitrogens with zero attached hydrogens (tertiary/aromatic N) is 2. The lowest BCUT2D eigenvalue weighted by Crippen LogP contribution is -2.11. The molecule has 2 heterocycles. The third kappa shape index (κ3) is 4.00. The van der Waals surface area contributed by atoms with Gasteiger partial charge in [-0.05, 0) is 58.7 Å². The second kappa shape index (κ2) is 9.38. The summed E-state index contributed by atoms with van der Waals surface area (Å²) in [5, 5.41) is 2.14. The highest BCUT2D eigenvalue weighted by Crippen LogP contribution is 2.39. The standard InChI is InChI=1S/C35H24N2O/c1-3-10-25(11-4-1)27-18-20-29(21-19-27)37(30-15-9-14-28(22-30)26-12-5-2-6-13-26)35-23-32-31-16-7-8-17-33(31)38-34(32)24-36-35/h1-24H. The molecule has 180 valence electrons. The van der Waals surface area contributed by atoms with Crippen molar-refractivity contribution in [3.8, 4) is 22.3 Å². The lowest BCUT2D eigenvalue weighted by Gasteiger charge is -2.25. The van der Waals surface area contributed by atoms with Crippen molar-refractivity contribution in [3.05, 3.63) is 146 Å². The van der Waals surface area contributed by atoms with Crippen LogP contribution in [0, 0.1) is 0 Å². The number of aromatic nitrogens is 1. The van der Waals surface area contributed by atoms with Gasteiger partial charge in [-0.1, -0.05) is 103 Å². The summed E-state index contributed by atoms with van der Waals surface area (Å²) in [5.74, 6) is 0.835. The third-order valence-electron chi connectivity index (χ3n) is 6.92. The van der Waals surface area contributed by atoms with Gasteiger partial charge in [0.05, 0.1) is 6.20 Å². The molecule has 2 aromatic heterocycles. The molecule has 0 N–H and O–H groups in total. The van der Waals surface area contributed by atoms with E-state index in [2.05, 4.69) is 114 Å². The number of furan rings is 1. The van der Waals surface area contributed by atoms with Crippen molar-refractivity contribution in [2.75, 3.05) is 4.90 Å². The van der Waals surface area contributed by atoms with E-state index in [0.717, 1.165) is 44.7 Å². The molecule has 7 rings (SSSR count). The van der Waals surface area contributed by atoms with E-state index in [0.29, 0.717) is 0 Å².